The van der Waals surface area contributed by atoms with Crippen LogP contribution in [0, 0.1) is 11.8 Å². The number of carbonyl (C=O) groups excluding carboxylic acids is 1. The van der Waals surface area contributed by atoms with E-state index in [2.05, 4.69) is 24.0 Å². The quantitative estimate of drug-likeness (QED) is 0.617. The number of carbonyl (C=O) groups is 1. The predicted octanol–water partition coefficient (Wildman–Crippen LogP) is 2.12. The summed E-state index contributed by atoms with van der Waals surface area (Å²) < 4.78 is 5.78. The molecule has 0 aromatic heterocycles. The third-order valence-electron chi connectivity index (χ3n) is 5.40. The second kappa shape index (κ2) is 5.03. The summed E-state index contributed by atoms with van der Waals surface area (Å²) >= 11 is 5.82. The lowest BCUT2D eigenvalue weighted by Gasteiger charge is -2.58. The van der Waals surface area contributed by atoms with Crippen LogP contribution >= 0.6 is 11.6 Å². The van der Waals surface area contributed by atoms with Crippen molar-refractivity contribution in [1.29, 1.82) is 0 Å². The van der Waals surface area contributed by atoms with Crippen LogP contribution in [0.25, 0.3) is 0 Å². The number of hydrogen-bond acceptors (Lipinski definition) is 3. The molecule has 5 heteroatoms. The van der Waals surface area contributed by atoms with E-state index in [4.69, 9.17) is 16.3 Å². The van der Waals surface area contributed by atoms with Crippen LogP contribution in [-0.4, -0.2) is 34.1 Å². The molecule has 0 bridgehead atoms. The van der Waals surface area contributed by atoms with Crippen molar-refractivity contribution in [2.24, 2.45) is 11.8 Å². The van der Waals surface area contributed by atoms with Crippen molar-refractivity contribution >= 4 is 17.5 Å². The van der Waals surface area contributed by atoms with Crippen molar-refractivity contribution in [3.8, 4) is 0 Å². The van der Waals surface area contributed by atoms with E-state index in [-0.39, 0.29) is 17.7 Å². The molecule has 1 aliphatic carbocycles. The predicted molar refractivity (Wildman–Crippen MR) is 80.8 cm³/mol. The minimum Gasteiger partial charge on any atom is -0.486 e. The molecule has 0 aromatic carbocycles. The lowest BCUT2D eigenvalue weighted by atomic mass is 9.63. The molecular weight excluding hydrogens is 290 g/mol. The number of amides is 1. The monoisotopic (exact) mass is 311 g/mol. The molecule has 2 aliphatic heterocycles. The van der Waals surface area contributed by atoms with Gasteiger partial charge in [-0.25, -0.2) is 0 Å². The van der Waals surface area contributed by atoms with E-state index in [1.54, 1.807) is 0 Å². The van der Waals surface area contributed by atoms with Gasteiger partial charge in [0.25, 0.3) is 0 Å². The molecule has 2 N–H and O–H groups in total. The molecule has 116 valence electrons. The minimum absolute atomic E-state index is 0.0220. The molecule has 2 fully saturated rings. The Bertz CT molecular complexity index is 506. The molecule has 0 unspecified atom stereocenters. The van der Waals surface area contributed by atoms with Gasteiger partial charge < -0.3 is 15.2 Å². The van der Waals surface area contributed by atoms with Gasteiger partial charge in [-0.2, -0.15) is 0 Å². The second-order valence-electron chi connectivity index (χ2n) is 6.43. The Morgan fingerprint density at radius 1 is 1.67 bits per heavy atom. The molecule has 0 radical (unpaired) electrons. The van der Waals surface area contributed by atoms with Gasteiger partial charge in [0.05, 0.1) is 12.0 Å². The number of halogens is 1. The Balaban J connectivity index is 1.94. The summed E-state index contributed by atoms with van der Waals surface area (Å²) in [5.74, 6) is 0.424. The molecule has 0 spiro atoms. The number of alkyl halides is 1. The van der Waals surface area contributed by atoms with Crippen LogP contribution in [0.5, 0.6) is 0 Å². The number of fused-ring (bicyclic) bond motifs is 1. The highest BCUT2D eigenvalue weighted by atomic mass is 35.5. The largest absolute Gasteiger partial charge is 0.486 e. The van der Waals surface area contributed by atoms with E-state index in [9.17, 15) is 9.90 Å². The van der Waals surface area contributed by atoms with E-state index in [1.807, 2.05) is 6.92 Å². The highest BCUT2D eigenvalue weighted by Crippen LogP contribution is 2.57. The number of hydrogen-bond donors (Lipinski definition) is 2. The van der Waals surface area contributed by atoms with Gasteiger partial charge in [0.2, 0.25) is 5.91 Å². The van der Waals surface area contributed by atoms with Gasteiger partial charge in [-0.1, -0.05) is 18.7 Å². The number of aliphatic hydroxyl groups is 1. The summed E-state index contributed by atoms with van der Waals surface area (Å²) in [6.07, 6.45) is 6.98. The average molecular weight is 312 g/mol. The van der Waals surface area contributed by atoms with E-state index >= 15 is 0 Å². The average Bonchev–Trinajstić information content (AvgIpc) is 2.65. The SMILES string of the molecule is C=C1O[C@@]2(C)[C@H](CCCl)C(=O)N[C@@]12[C@@H](O)[C@@H]1C=CCCC1. The fraction of sp³-hybridized carbons (Fsp3) is 0.688. The molecule has 0 saturated carbocycles. The molecule has 4 nitrogen and oxygen atoms in total. The highest BCUT2D eigenvalue weighted by Gasteiger charge is 2.75. The zero-order valence-corrected chi connectivity index (χ0v) is 13.0. The lowest BCUT2D eigenvalue weighted by molar-refractivity contribution is -0.201. The van der Waals surface area contributed by atoms with E-state index < -0.39 is 17.2 Å². The number of allylic oxidation sites excluding steroid dienone is 1. The Morgan fingerprint density at radius 2 is 2.43 bits per heavy atom. The van der Waals surface area contributed by atoms with Crippen molar-refractivity contribution in [3.05, 3.63) is 24.5 Å². The molecule has 3 rings (SSSR count). The number of aliphatic hydroxyl groups excluding tert-OH is 1. The fourth-order valence-corrected chi connectivity index (χ4v) is 4.41. The van der Waals surface area contributed by atoms with Crippen LogP contribution in [0.3, 0.4) is 0 Å². The van der Waals surface area contributed by atoms with E-state index in [0.29, 0.717) is 18.1 Å². The third-order valence-corrected chi connectivity index (χ3v) is 5.62. The number of rotatable bonds is 4. The van der Waals surface area contributed by atoms with E-state index in [0.717, 1.165) is 19.3 Å². The normalized spacial score (nSPS) is 42.8. The molecule has 3 aliphatic rings. The van der Waals surface area contributed by atoms with E-state index in [1.165, 1.54) is 0 Å². The zero-order valence-electron chi connectivity index (χ0n) is 12.3. The van der Waals surface area contributed by atoms with Crippen LogP contribution in [0.15, 0.2) is 24.5 Å². The molecule has 2 heterocycles. The first-order chi connectivity index (χ1) is 9.97. The Morgan fingerprint density at radius 3 is 3.00 bits per heavy atom. The Hall–Kier alpha value is -1.00. The zero-order chi connectivity index (χ0) is 15.3. The lowest BCUT2D eigenvalue weighted by Crippen LogP contribution is -2.75. The van der Waals surface area contributed by atoms with Crippen molar-refractivity contribution < 1.29 is 14.6 Å². The van der Waals surface area contributed by atoms with Crippen LogP contribution in [-0.2, 0) is 9.53 Å². The summed E-state index contributed by atoms with van der Waals surface area (Å²) in [7, 11) is 0. The highest BCUT2D eigenvalue weighted by molar-refractivity contribution is 6.18. The molecular formula is C16H22ClNO3. The molecule has 2 saturated heterocycles. The summed E-state index contributed by atoms with van der Waals surface area (Å²) in [6, 6.07) is 0. The van der Waals surface area contributed by atoms with Gasteiger partial charge in [0, 0.05) is 11.8 Å². The topological polar surface area (TPSA) is 58.6 Å². The van der Waals surface area contributed by atoms with Gasteiger partial charge in [0.1, 0.15) is 5.76 Å². The smallest absolute Gasteiger partial charge is 0.228 e. The molecule has 21 heavy (non-hydrogen) atoms. The number of nitrogens with one attached hydrogen (secondary N) is 1. The van der Waals surface area contributed by atoms with Gasteiger partial charge in [-0.15, -0.1) is 11.6 Å². The number of ether oxygens (including phenoxy) is 1. The first-order valence-electron chi connectivity index (χ1n) is 7.58. The Kier molecular flexibility index (Phi) is 3.57. The van der Waals surface area contributed by atoms with Gasteiger partial charge >= 0.3 is 0 Å². The maximum absolute atomic E-state index is 12.3. The second-order valence-corrected chi connectivity index (χ2v) is 6.81. The van der Waals surface area contributed by atoms with Crippen LogP contribution < -0.4 is 5.32 Å². The summed E-state index contributed by atoms with van der Waals surface area (Å²) in [5, 5.41) is 13.9. The van der Waals surface area contributed by atoms with Crippen molar-refractivity contribution in [2.45, 2.75) is 49.9 Å². The maximum atomic E-state index is 12.3. The van der Waals surface area contributed by atoms with Gasteiger partial charge in [0.15, 0.2) is 11.1 Å². The third kappa shape index (κ3) is 1.82. The van der Waals surface area contributed by atoms with Crippen LogP contribution in [0.4, 0.5) is 0 Å². The first-order valence-corrected chi connectivity index (χ1v) is 8.12. The molecule has 1 amide bonds. The van der Waals surface area contributed by atoms with Crippen molar-refractivity contribution in [2.75, 3.05) is 5.88 Å². The molecule has 5 atom stereocenters. The summed E-state index contributed by atoms with van der Waals surface area (Å²) in [6.45, 7) is 5.79. The first kappa shape index (κ1) is 14.9. The standard InChI is InChI=1S/C16H22ClNO3/c1-10-16(13(19)11-6-4-3-5-7-11)15(2,21-10)12(8-9-17)14(20)18-16/h4,6,11-13,19H,1,3,5,7-9H2,2H3,(H,18,20)/t11-,12-,13+,15+,16-/m1/s1. The van der Waals surface area contributed by atoms with Gasteiger partial charge in [-0.3, -0.25) is 4.79 Å². The minimum atomic E-state index is -0.882. The van der Waals surface area contributed by atoms with Crippen molar-refractivity contribution in [3.63, 3.8) is 0 Å². The Labute approximate surface area is 130 Å². The van der Waals surface area contributed by atoms with Crippen LogP contribution in [0.1, 0.15) is 32.6 Å². The summed E-state index contributed by atoms with van der Waals surface area (Å²) in [5.41, 5.74) is -1.64. The fourth-order valence-electron chi connectivity index (χ4n) is 4.19. The van der Waals surface area contributed by atoms with Crippen LogP contribution in [0.2, 0.25) is 0 Å². The van der Waals surface area contributed by atoms with Crippen molar-refractivity contribution in [1.82, 2.24) is 5.32 Å². The maximum Gasteiger partial charge on any atom is 0.228 e. The van der Waals surface area contributed by atoms with Gasteiger partial charge in [-0.05, 0) is 32.6 Å². The molecule has 0 aromatic rings. The summed E-state index contributed by atoms with van der Waals surface area (Å²) in [4.78, 5) is 12.3.